The maximum absolute atomic E-state index is 3.28. The first-order valence-corrected chi connectivity index (χ1v) is 8.93. The minimum Gasteiger partial charge on any atom is -0.0651 e. The number of hydrogen-bond donors (Lipinski definition) is 0. The second-order valence-corrected chi connectivity index (χ2v) is 6.86. The van der Waals surface area contributed by atoms with Crippen molar-refractivity contribution >= 4 is 0 Å². The summed E-state index contributed by atoms with van der Waals surface area (Å²) < 4.78 is 0. The van der Waals surface area contributed by atoms with Crippen LogP contribution in [0.3, 0.4) is 0 Å². The molecule has 1 fully saturated rings. The van der Waals surface area contributed by atoms with Crippen LogP contribution >= 0.6 is 0 Å². The second kappa shape index (κ2) is 7.51. The van der Waals surface area contributed by atoms with Gasteiger partial charge in [-0.3, -0.25) is 0 Å². The van der Waals surface area contributed by atoms with Gasteiger partial charge < -0.3 is 0 Å². The van der Waals surface area contributed by atoms with Crippen molar-refractivity contribution < 1.29 is 0 Å². The Bertz CT molecular complexity index is 672. The molecule has 118 valence electrons. The topological polar surface area (TPSA) is 0 Å². The highest BCUT2D eigenvalue weighted by molar-refractivity contribution is 5.44. The fourth-order valence-corrected chi connectivity index (χ4v) is 3.52. The third kappa shape index (κ3) is 4.26. The van der Waals surface area contributed by atoms with Gasteiger partial charge in [-0.05, 0) is 74.3 Å². The summed E-state index contributed by atoms with van der Waals surface area (Å²) in [4.78, 5) is 0. The fraction of sp³-hybridized carbons (Fsp3) is 0.391. The third-order valence-electron chi connectivity index (χ3n) is 5.21. The minimum absolute atomic E-state index is 0.761. The minimum atomic E-state index is 0.761. The molecule has 0 saturated heterocycles. The second-order valence-electron chi connectivity index (χ2n) is 6.86. The standard InChI is InChI=1S/C23H26/c1-3-19-10-14-22(15-11-19)23-16-12-21(13-17-23)9-8-20-6-4-18(2)5-7-20/h4-7,12-13,16-17,19,22H,3,10-11,14-15H2,1-2H3. The molecule has 0 amide bonds. The van der Waals surface area contributed by atoms with Crippen LogP contribution in [0, 0.1) is 24.7 Å². The van der Waals surface area contributed by atoms with Crippen molar-refractivity contribution in [2.45, 2.75) is 51.9 Å². The Kier molecular flexibility index (Phi) is 5.19. The van der Waals surface area contributed by atoms with E-state index in [1.165, 1.54) is 43.2 Å². The Morgan fingerprint density at radius 1 is 0.783 bits per heavy atom. The third-order valence-corrected chi connectivity index (χ3v) is 5.21. The molecular formula is C23H26. The SMILES string of the molecule is CCC1CCC(c2ccc(C#Cc3ccc(C)cc3)cc2)CC1. The van der Waals surface area contributed by atoms with Crippen LogP contribution in [0.4, 0.5) is 0 Å². The van der Waals surface area contributed by atoms with E-state index >= 15 is 0 Å². The van der Waals surface area contributed by atoms with Gasteiger partial charge in [0.2, 0.25) is 0 Å². The Morgan fingerprint density at radius 3 is 1.83 bits per heavy atom. The molecule has 0 bridgehead atoms. The van der Waals surface area contributed by atoms with Crippen molar-refractivity contribution in [2.75, 3.05) is 0 Å². The molecule has 0 N–H and O–H groups in total. The highest BCUT2D eigenvalue weighted by atomic mass is 14.3. The molecule has 0 heteroatoms. The zero-order valence-corrected chi connectivity index (χ0v) is 14.3. The summed E-state index contributed by atoms with van der Waals surface area (Å²) in [6, 6.07) is 17.3. The van der Waals surface area contributed by atoms with Gasteiger partial charge in [-0.15, -0.1) is 0 Å². The number of rotatable bonds is 2. The first kappa shape index (κ1) is 15.9. The summed E-state index contributed by atoms with van der Waals surface area (Å²) in [7, 11) is 0. The van der Waals surface area contributed by atoms with Crippen LogP contribution in [-0.2, 0) is 0 Å². The Morgan fingerprint density at radius 2 is 1.30 bits per heavy atom. The fourth-order valence-electron chi connectivity index (χ4n) is 3.52. The summed E-state index contributed by atoms with van der Waals surface area (Å²) in [6.45, 7) is 4.43. The van der Waals surface area contributed by atoms with Gasteiger partial charge in [-0.2, -0.15) is 0 Å². The average Bonchev–Trinajstić information content (AvgIpc) is 2.62. The summed E-state index contributed by atoms with van der Waals surface area (Å²) in [5.41, 5.74) is 4.97. The molecule has 0 unspecified atom stereocenters. The van der Waals surface area contributed by atoms with Gasteiger partial charge in [0, 0.05) is 11.1 Å². The van der Waals surface area contributed by atoms with Crippen molar-refractivity contribution in [1.82, 2.24) is 0 Å². The lowest BCUT2D eigenvalue weighted by Gasteiger charge is -2.28. The Balaban J connectivity index is 1.65. The van der Waals surface area contributed by atoms with E-state index in [2.05, 4.69) is 74.2 Å². The summed E-state index contributed by atoms with van der Waals surface area (Å²) in [5, 5.41) is 0. The number of benzene rings is 2. The van der Waals surface area contributed by atoms with Gasteiger partial charge in [0.1, 0.15) is 0 Å². The number of hydrogen-bond acceptors (Lipinski definition) is 0. The lowest BCUT2D eigenvalue weighted by atomic mass is 9.78. The molecule has 0 nitrogen and oxygen atoms in total. The average molecular weight is 302 g/mol. The van der Waals surface area contributed by atoms with Crippen molar-refractivity contribution in [3.8, 4) is 11.8 Å². The van der Waals surface area contributed by atoms with Gasteiger partial charge in [0.25, 0.3) is 0 Å². The van der Waals surface area contributed by atoms with E-state index in [1.807, 2.05) is 0 Å². The molecule has 1 aliphatic carbocycles. The monoisotopic (exact) mass is 302 g/mol. The highest BCUT2D eigenvalue weighted by Gasteiger charge is 2.20. The van der Waals surface area contributed by atoms with Gasteiger partial charge in [-0.25, -0.2) is 0 Å². The molecule has 0 spiro atoms. The van der Waals surface area contributed by atoms with Crippen LogP contribution in [0.25, 0.3) is 0 Å². The molecule has 0 aliphatic heterocycles. The molecular weight excluding hydrogens is 276 g/mol. The summed E-state index contributed by atoms with van der Waals surface area (Å²) >= 11 is 0. The molecule has 0 heterocycles. The van der Waals surface area contributed by atoms with E-state index in [4.69, 9.17) is 0 Å². The molecule has 0 atom stereocenters. The molecule has 3 rings (SSSR count). The van der Waals surface area contributed by atoms with Crippen LogP contribution in [0.2, 0.25) is 0 Å². The van der Waals surface area contributed by atoms with Crippen molar-refractivity contribution in [3.05, 3.63) is 70.8 Å². The van der Waals surface area contributed by atoms with E-state index in [1.54, 1.807) is 0 Å². The van der Waals surface area contributed by atoms with Crippen molar-refractivity contribution in [1.29, 1.82) is 0 Å². The molecule has 1 aliphatic rings. The molecule has 0 aromatic heterocycles. The van der Waals surface area contributed by atoms with Crippen LogP contribution in [0.15, 0.2) is 48.5 Å². The largest absolute Gasteiger partial charge is 0.0651 e. The zero-order chi connectivity index (χ0) is 16.1. The lowest BCUT2D eigenvalue weighted by Crippen LogP contribution is -2.12. The van der Waals surface area contributed by atoms with Gasteiger partial charge in [0.15, 0.2) is 0 Å². The molecule has 2 aromatic carbocycles. The maximum atomic E-state index is 3.28. The first-order chi connectivity index (χ1) is 11.2. The number of aryl methyl sites for hydroxylation is 1. The van der Waals surface area contributed by atoms with Crippen molar-refractivity contribution in [3.63, 3.8) is 0 Å². The van der Waals surface area contributed by atoms with Gasteiger partial charge in [-0.1, -0.05) is 55.0 Å². The van der Waals surface area contributed by atoms with E-state index < -0.39 is 0 Å². The molecule has 23 heavy (non-hydrogen) atoms. The predicted molar refractivity (Wildman–Crippen MR) is 98.6 cm³/mol. The van der Waals surface area contributed by atoms with E-state index in [-0.39, 0.29) is 0 Å². The van der Waals surface area contributed by atoms with E-state index in [0.717, 1.165) is 23.0 Å². The molecule has 1 saturated carbocycles. The van der Waals surface area contributed by atoms with Gasteiger partial charge in [0.05, 0.1) is 0 Å². The lowest BCUT2D eigenvalue weighted by molar-refractivity contribution is 0.319. The predicted octanol–water partition coefficient (Wildman–Crippen LogP) is 6.08. The van der Waals surface area contributed by atoms with Crippen molar-refractivity contribution in [2.24, 2.45) is 5.92 Å². The van der Waals surface area contributed by atoms with Crippen LogP contribution in [-0.4, -0.2) is 0 Å². The molecule has 0 radical (unpaired) electrons. The van der Waals surface area contributed by atoms with Crippen LogP contribution < -0.4 is 0 Å². The quantitative estimate of drug-likeness (QED) is 0.590. The smallest absolute Gasteiger partial charge is 0.0249 e. The van der Waals surface area contributed by atoms with Gasteiger partial charge >= 0.3 is 0 Å². The molecule has 2 aromatic rings. The van der Waals surface area contributed by atoms with E-state index in [0.29, 0.717) is 0 Å². The summed E-state index contributed by atoms with van der Waals surface area (Å²) in [5.74, 6) is 8.25. The maximum Gasteiger partial charge on any atom is 0.0249 e. The normalized spacial score (nSPS) is 20.6. The zero-order valence-electron chi connectivity index (χ0n) is 14.3. The highest BCUT2D eigenvalue weighted by Crippen LogP contribution is 2.36. The van der Waals surface area contributed by atoms with E-state index in [9.17, 15) is 0 Å². The Labute approximate surface area is 140 Å². The summed E-state index contributed by atoms with van der Waals surface area (Å²) in [6.07, 6.45) is 6.85. The van der Waals surface area contributed by atoms with Crippen LogP contribution in [0.5, 0.6) is 0 Å². The first-order valence-electron chi connectivity index (χ1n) is 8.93. The van der Waals surface area contributed by atoms with Crippen LogP contribution in [0.1, 0.15) is 67.2 Å². The Hall–Kier alpha value is -2.00.